The number of nitrogens with zero attached hydrogens (tertiary/aromatic N) is 4. The van der Waals surface area contributed by atoms with Gasteiger partial charge in [0.05, 0.1) is 13.2 Å². The molecule has 1 aromatic heterocycles. The normalized spacial score (nSPS) is 13.9. The van der Waals surface area contributed by atoms with Crippen LogP contribution < -0.4 is 10.2 Å². The lowest BCUT2D eigenvalue weighted by Gasteiger charge is -2.27. The van der Waals surface area contributed by atoms with Gasteiger partial charge in [0.15, 0.2) is 5.82 Å². The van der Waals surface area contributed by atoms with Crippen LogP contribution in [0.5, 0.6) is 0 Å². The van der Waals surface area contributed by atoms with E-state index in [-0.39, 0.29) is 0 Å². The molecule has 1 saturated heterocycles. The van der Waals surface area contributed by atoms with Crippen LogP contribution in [-0.2, 0) is 4.74 Å². The van der Waals surface area contributed by atoms with Gasteiger partial charge in [0.25, 0.3) is 0 Å². The number of anilines is 3. The van der Waals surface area contributed by atoms with Crippen LogP contribution in [0.4, 0.5) is 17.6 Å². The molecule has 0 amide bonds. The first-order chi connectivity index (χ1) is 16.3. The fraction of sp³-hybridized carbons (Fsp3) is 0.148. The number of para-hydroxylation sites is 1. The van der Waals surface area contributed by atoms with Gasteiger partial charge in [0, 0.05) is 24.3 Å². The molecule has 1 aliphatic heterocycles. The van der Waals surface area contributed by atoms with E-state index in [1.54, 1.807) is 0 Å². The molecule has 6 heteroatoms. The fourth-order valence-corrected chi connectivity index (χ4v) is 3.69. The Bertz CT molecular complexity index is 1220. The first-order valence-electron chi connectivity index (χ1n) is 11.1. The molecular weight excluding hydrogens is 410 g/mol. The molecule has 1 fully saturated rings. The van der Waals surface area contributed by atoms with Gasteiger partial charge in [-0.15, -0.1) is 0 Å². The van der Waals surface area contributed by atoms with E-state index >= 15 is 0 Å². The first kappa shape index (κ1) is 20.8. The van der Waals surface area contributed by atoms with Crippen LogP contribution in [0.15, 0.2) is 84.9 Å². The molecule has 0 bridgehead atoms. The summed E-state index contributed by atoms with van der Waals surface area (Å²) in [6.45, 7) is 2.84. The highest BCUT2D eigenvalue weighted by Crippen LogP contribution is 2.26. The largest absolute Gasteiger partial charge is 0.378 e. The average molecular weight is 436 g/mol. The maximum absolute atomic E-state index is 5.52. The topological polar surface area (TPSA) is 63.2 Å². The molecular formula is C27H25N5O. The fourth-order valence-electron chi connectivity index (χ4n) is 3.69. The summed E-state index contributed by atoms with van der Waals surface area (Å²) in [7, 11) is 0. The molecule has 164 valence electrons. The summed E-state index contributed by atoms with van der Waals surface area (Å²) in [5.74, 6) is 1.82. The molecule has 1 N–H and O–H groups in total. The zero-order valence-electron chi connectivity index (χ0n) is 18.3. The molecule has 0 saturated carbocycles. The van der Waals surface area contributed by atoms with Crippen molar-refractivity contribution >= 4 is 29.7 Å². The predicted molar refractivity (Wildman–Crippen MR) is 133 cm³/mol. The van der Waals surface area contributed by atoms with Crippen molar-refractivity contribution in [2.24, 2.45) is 0 Å². The van der Waals surface area contributed by atoms with Crippen LogP contribution in [0, 0.1) is 0 Å². The van der Waals surface area contributed by atoms with Gasteiger partial charge in [0.1, 0.15) is 0 Å². The van der Waals surface area contributed by atoms with Gasteiger partial charge in [0.2, 0.25) is 11.9 Å². The second kappa shape index (κ2) is 10.1. The van der Waals surface area contributed by atoms with Gasteiger partial charge < -0.3 is 15.0 Å². The Morgan fingerprint density at radius 1 is 0.727 bits per heavy atom. The summed E-state index contributed by atoms with van der Waals surface area (Å²) in [5, 5.41) is 3.33. The van der Waals surface area contributed by atoms with Crippen LogP contribution in [0.2, 0.25) is 0 Å². The van der Waals surface area contributed by atoms with Crippen molar-refractivity contribution in [1.82, 2.24) is 15.0 Å². The first-order valence-corrected chi connectivity index (χ1v) is 11.1. The van der Waals surface area contributed by atoms with E-state index < -0.39 is 0 Å². The number of aromatic nitrogens is 3. The minimum atomic E-state index is 0.523. The van der Waals surface area contributed by atoms with Gasteiger partial charge in [-0.1, -0.05) is 84.9 Å². The van der Waals surface area contributed by atoms with Crippen LogP contribution in [0.3, 0.4) is 0 Å². The van der Waals surface area contributed by atoms with Crippen molar-refractivity contribution in [3.63, 3.8) is 0 Å². The maximum Gasteiger partial charge on any atom is 0.232 e. The van der Waals surface area contributed by atoms with E-state index in [9.17, 15) is 0 Å². The zero-order valence-corrected chi connectivity index (χ0v) is 18.3. The third kappa shape index (κ3) is 5.25. The van der Waals surface area contributed by atoms with Gasteiger partial charge in [-0.3, -0.25) is 0 Å². The summed E-state index contributed by atoms with van der Waals surface area (Å²) in [5.41, 5.74) is 4.08. The maximum atomic E-state index is 5.52. The molecule has 0 atom stereocenters. The molecule has 0 aliphatic carbocycles. The van der Waals surface area contributed by atoms with E-state index in [1.165, 1.54) is 0 Å². The predicted octanol–water partition coefficient (Wildman–Crippen LogP) is 5.29. The third-order valence-electron chi connectivity index (χ3n) is 5.40. The highest BCUT2D eigenvalue weighted by Gasteiger charge is 2.18. The quantitative estimate of drug-likeness (QED) is 0.415. The standard InChI is InChI=1S/C27H25N5O/c1-3-9-21(10-4-1)15-16-22-11-7-8-14-24(22)25-29-26(28-23-12-5-2-6-13-23)31-27(30-25)32-17-19-33-20-18-32/h1-16H,17-20H2,(H,28,29,30,31). The molecule has 0 spiro atoms. The Morgan fingerprint density at radius 2 is 1.42 bits per heavy atom. The van der Waals surface area contributed by atoms with Crippen molar-refractivity contribution in [2.75, 3.05) is 36.5 Å². The summed E-state index contributed by atoms with van der Waals surface area (Å²) in [4.78, 5) is 16.5. The number of ether oxygens (including phenoxy) is 1. The number of hydrogen-bond donors (Lipinski definition) is 1. The van der Waals surface area contributed by atoms with E-state index in [1.807, 2.05) is 60.7 Å². The van der Waals surface area contributed by atoms with Gasteiger partial charge in [-0.2, -0.15) is 15.0 Å². The third-order valence-corrected chi connectivity index (χ3v) is 5.40. The Labute approximate surface area is 193 Å². The molecule has 2 heterocycles. The number of morpholine rings is 1. The summed E-state index contributed by atoms with van der Waals surface area (Å²) >= 11 is 0. The van der Waals surface area contributed by atoms with Gasteiger partial charge >= 0.3 is 0 Å². The Kier molecular flexibility index (Phi) is 6.36. The Morgan fingerprint density at radius 3 is 2.21 bits per heavy atom. The molecule has 6 nitrogen and oxygen atoms in total. The van der Waals surface area contributed by atoms with E-state index in [0.29, 0.717) is 30.9 Å². The average Bonchev–Trinajstić information content (AvgIpc) is 2.89. The molecule has 0 unspecified atom stereocenters. The van der Waals surface area contributed by atoms with Crippen molar-refractivity contribution < 1.29 is 4.74 Å². The SMILES string of the molecule is C(=Cc1ccccc1-c1nc(Nc2ccccc2)nc(N2CCOCC2)n1)c1ccccc1. The van der Waals surface area contributed by atoms with Crippen LogP contribution >= 0.6 is 0 Å². The van der Waals surface area contributed by atoms with Gasteiger partial charge in [-0.25, -0.2) is 0 Å². The summed E-state index contributed by atoms with van der Waals surface area (Å²) < 4.78 is 5.52. The van der Waals surface area contributed by atoms with Crippen LogP contribution in [0.25, 0.3) is 23.5 Å². The number of nitrogens with one attached hydrogen (secondary N) is 1. The molecule has 4 aromatic rings. The van der Waals surface area contributed by atoms with Crippen molar-refractivity contribution in [1.29, 1.82) is 0 Å². The lowest BCUT2D eigenvalue weighted by atomic mass is 10.1. The number of benzene rings is 3. The minimum Gasteiger partial charge on any atom is -0.378 e. The number of rotatable bonds is 6. The smallest absolute Gasteiger partial charge is 0.232 e. The van der Waals surface area contributed by atoms with E-state index in [4.69, 9.17) is 19.7 Å². The van der Waals surface area contributed by atoms with Crippen molar-refractivity contribution in [3.8, 4) is 11.4 Å². The van der Waals surface area contributed by atoms with Gasteiger partial charge in [-0.05, 0) is 23.3 Å². The molecule has 0 radical (unpaired) electrons. The monoisotopic (exact) mass is 435 g/mol. The van der Waals surface area contributed by atoms with Crippen LogP contribution in [-0.4, -0.2) is 41.3 Å². The lowest BCUT2D eigenvalue weighted by Crippen LogP contribution is -2.37. The molecule has 1 aliphatic rings. The molecule has 5 rings (SSSR count). The summed E-state index contributed by atoms with van der Waals surface area (Å²) in [6.07, 6.45) is 4.21. The summed E-state index contributed by atoms with van der Waals surface area (Å²) in [6, 6.07) is 28.4. The van der Waals surface area contributed by atoms with Crippen molar-refractivity contribution in [2.45, 2.75) is 0 Å². The Balaban J connectivity index is 1.54. The van der Waals surface area contributed by atoms with Crippen LogP contribution in [0.1, 0.15) is 11.1 Å². The minimum absolute atomic E-state index is 0.523. The lowest BCUT2D eigenvalue weighted by molar-refractivity contribution is 0.122. The highest BCUT2D eigenvalue weighted by atomic mass is 16.5. The van der Waals surface area contributed by atoms with Crippen molar-refractivity contribution in [3.05, 3.63) is 96.1 Å². The molecule has 3 aromatic carbocycles. The Hall–Kier alpha value is -4.03. The number of hydrogen-bond acceptors (Lipinski definition) is 6. The second-order valence-electron chi connectivity index (χ2n) is 7.70. The second-order valence-corrected chi connectivity index (χ2v) is 7.70. The van der Waals surface area contributed by atoms with E-state index in [2.05, 4.69) is 46.6 Å². The highest BCUT2D eigenvalue weighted by molar-refractivity contribution is 5.79. The zero-order chi connectivity index (χ0) is 22.3. The molecule has 33 heavy (non-hydrogen) atoms. The van der Waals surface area contributed by atoms with E-state index in [0.717, 1.165) is 35.5 Å².